The van der Waals surface area contributed by atoms with E-state index < -0.39 is 9.05 Å². The molecule has 0 N–H and O–H groups in total. The van der Waals surface area contributed by atoms with Crippen molar-refractivity contribution in [2.45, 2.75) is 12.7 Å². The number of rotatable bonds is 2. The number of ether oxygens (including phenoxy) is 2. The van der Waals surface area contributed by atoms with E-state index >= 15 is 0 Å². The lowest BCUT2D eigenvalue weighted by molar-refractivity contribution is 0.171. The highest BCUT2D eigenvalue weighted by Gasteiger charge is 2.21. The van der Waals surface area contributed by atoms with Gasteiger partial charge in [-0.1, -0.05) is 11.6 Å². The molecule has 0 aromatic heterocycles. The molecular weight excluding hydrogens is 287 g/mol. The van der Waals surface area contributed by atoms with Crippen LogP contribution in [0.5, 0.6) is 11.5 Å². The van der Waals surface area contributed by atoms with E-state index in [1.165, 1.54) is 0 Å². The normalized spacial score (nSPS) is 14.8. The fourth-order valence-electron chi connectivity index (χ4n) is 1.62. The first-order chi connectivity index (χ1) is 7.88. The van der Waals surface area contributed by atoms with E-state index in [0.29, 0.717) is 40.9 Å². The summed E-state index contributed by atoms with van der Waals surface area (Å²) in [4.78, 5) is 0. The third kappa shape index (κ3) is 2.78. The number of benzene rings is 1. The summed E-state index contributed by atoms with van der Waals surface area (Å²) < 4.78 is 32.9. The van der Waals surface area contributed by atoms with E-state index in [1.807, 2.05) is 0 Å². The minimum Gasteiger partial charge on any atom is -0.486 e. The molecule has 1 aliphatic rings. The van der Waals surface area contributed by atoms with Crippen molar-refractivity contribution in [2.75, 3.05) is 13.2 Å². The Labute approximate surface area is 109 Å². The van der Waals surface area contributed by atoms with Gasteiger partial charge in [-0.25, -0.2) is 8.42 Å². The number of halogens is 2. The van der Waals surface area contributed by atoms with E-state index in [-0.39, 0.29) is 5.75 Å². The molecule has 7 heteroatoms. The molecule has 0 saturated heterocycles. The van der Waals surface area contributed by atoms with Crippen LogP contribution in [0.4, 0.5) is 0 Å². The van der Waals surface area contributed by atoms with Crippen molar-refractivity contribution in [1.29, 1.82) is 0 Å². The zero-order valence-electron chi connectivity index (χ0n) is 9.00. The first kappa shape index (κ1) is 12.8. The van der Waals surface area contributed by atoms with E-state index in [1.54, 1.807) is 13.0 Å². The first-order valence-electron chi connectivity index (χ1n) is 4.88. The van der Waals surface area contributed by atoms with Gasteiger partial charge in [0.05, 0.1) is 10.8 Å². The molecule has 17 heavy (non-hydrogen) atoms. The van der Waals surface area contributed by atoms with Gasteiger partial charge in [0, 0.05) is 10.7 Å². The Hall–Kier alpha value is -0.650. The largest absolute Gasteiger partial charge is 0.486 e. The molecule has 0 bridgehead atoms. The topological polar surface area (TPSA) is 52.6 Å². The zero-order valence-corrected chi connectivity index (χ0v) is 11.3. The molecule has 1 aromatic carbocycles. The average molecular weight is 297 g/mol. The van der Waals surface area contributed by atoms with Crippen LogP contribution < -0.4 is 9.47 Å². The Morgan fingerprint density at radius 2 is 2.00 bits per heavy atom. The van der Waals surface area contributed by atoms with Crippen LogP contribution in [0.15, 0.2) is 6.07 Å². The van der Waals surface area contributed by atoms with Gasteiger partial charge in [-0.15, -0.1) is 0 Å². The van der Waals surface area contributed by atoms with Gasteiger partial charge in [-0.2, -0.15) is 0 Å². The van der Waals surface area contributed by atoms with E-state index in [9.17, 15) is 8.42 Å². The SMILES string of the molecule is Cc1c(CS(=O)(=O)Cl)cc2c(c1Cl)OCCO2. The van der Waals surface area contributed by atoms with Crippen molar-refractivity contribution in [3.05, 3.63) is 22.2 Å². The summed E-state index contributed by atoms with van der Waals surface area (Å²) >= 11 is 6.10. The summed E-state index contributed by atoms with van der Waals surface area (Å²) in [7, 11) is 1.61. The van der Waals surface area contributed by atoms with Gasteiger partial charge < -0.3 is 9.47 Å². The summed E-state index contributed by atoms with van der Waals surface area (Å²) in [6, 6.07) is 1.61. The number of fused-ring (bicyclic) bond motifs is 1. The molecule has 4 nitrogen and oxygen atoms in total. The lowest BCUT2D eigenvalue weighted by atomic mass is 10.1. The van der Waals surface area contributed by atoms with Crippen LogP contribution in [0, 0.1) is 6.92 Å². The van der Waals surface area contributed by atoms with Gasteiger partial charge in [0.25, 0.3) is 0 Å². The molecule has 0 atom stereocenters. The van der Waals surface area contributed by atoms with Crippen LogP contribution in [0.1, 0.15) is 11.1 Å². The van der Waals surface area contributed by atoms with Crippen LogP contribution in [-0.4, -0.2) is 21.6 Å². The summed E-state index contributed by atoms with van der Waals surface area (Å²) in [6.45, 7) is 2.57. The highest BCUT2D eigenvalue weighted by Crippen LogP contribution is 2.41. The Balaban J connectivity index is 2.51. The quantitative estimate of drug-likeness (QED) is 0.787. The molecule has 0 unspecified atom stereocenters. The molecular formula is C10H10Cl2O4S. The fraction of sp³-hybridized carbons (Fsp3) is 0.400. The maximum absolute atomic E-state index is 11.1. The van der Waals surface area contributed by atoms with Crippen molar-refractivity contribution < 1.29 is 17.9 Å². The molecule has 0 spiro atoms. The Morgan fingerprint density at radius 3 is 2.65 bits per heavy atom. The van der Waals surface area contributed by atoms with Crippen LogP contribution in [0.3, 0.4) is 0 Å². The lowest BCUT2D eigenvalue weighted by Gasteiger charge is -2.21. The van der Waals surface area contributed by atoms with Crippen molar-refractivity contribution in [3.63, 3.8) is 0 Å². The summed E-state index contributed by atoms with van der Waals surface area (Å²) in [5.74, 6) is 0.643. The summed E-state index contributed by atoms with van der Waals surface area (Å²) in [5, 5.41) is 0.373. The monoisotopic (exact) mass is 296 g/mol. The molecule has 2 rings (SSSR count). The second kappa shape index (κ2) is 4.55. The number of hydrogen-bond acceptors (Lipinski definition) is 4. The van der Waals surface area contributed by atoms with Gasteiger partial charge in [-0.3, -0.25) is 0 Å². The van der Waals surface area contributed by atoms with E-state index in [4.69, 9.17) is 31.8 Å². The van der Waals surface area contributed by atoms with Gasteiger partial charge in [-0.05, 0) is 24.1 Å². The fourth-order valence-corrected chi connectivity index (χ4v) is 2.92. The van der Waals surface area contributed by atoms with Crippen LogP contribution in [0.25, 0.3) is 0 Å². The van der Waals surface area contributed by atoms with Crippen molar-refractivity contribution in [2.24, 2.45) is 0 Å². The summed E-state index contributed by atoms with van der Waals surface area (Å²) in [5.41, 5.74) is 1.16. The van der Waals surface area contributed by atoms with Gasteiger partial charge in [0.2, 0.25) is 9.05 Å². The van der Waals surface area contributed by atoms with Gasteiger partial charge in [0.1, 0.15) is 13.2 Å². The Kier molecular flexibility index (Phi) is 3.43. The van der Waals surface area contributed by atoms with E-state index in [0.717, 1.165) is 0 Å². The van der Waals surface area contributed by atoms with Gasteiger partial charge >= 0.3 is 0 Å². The van der Waals surface area contributed by atoms with Crippen molar-refractivity contribution in [3.8, 4) is 11.5 Å². The minimum absolute atomic E-state index is 0.281. The zero-order chi connectivity index (χ0) is 12.6. The Morgan fingerprint density at radius 1 is 1.35 bits per heavy atom. The lowest BCUT2D eigenvalue weighted by Crippen LogP contribution is -2.16. The van der Waals surface area contributed by atoms with Crippen LogP contribution >= 0.6 is 22.3 Å². The highest BCUT2D eigenvalue weighted by atomic mass is 35.7. The maximum Gasteiger partial charge on any atom is 0.236 e. The molecule has 0 aliphatic carbocycles. The third-order valence-corrected chi connectivity index (χ3v) is 3.89. The maximum atomic E-state index is 11.1. The predicted octanol–water partition coefficient (Wildman–Crippen LogP) is 2.49. The molecule has 94 valence electrons. The smallest absolute Gasteiger partial charge is 0.236 e. The van der Waals surface area contributed by atoms with Crippen LogP contribution in [-0.2, 0) is 14.8 Å². The molecule has 0 fully saturated rings. The second-order valence-electron chi connectivity index (χ2n) is 3.68. The van der Waals surface area contributed by atoms with Gasteiger partial charge in [0.15, 0.2) is 11.5 Å². The van der Waals surface area contributed by atoms with Crippen LogP contribution in [0.2, 0.25) is 5.02 Å². The third-order valence-electron chi connectivity index (χ3n) is 2.45. The Bertz CT molecular complexity index is 554. The van der Waals surface area contributed by atoms with E-state index in [2.05, 4.69) is 0 Å². The predicted molar refractivity (Wildman–Crippen MR) is 65.7 cm³/mol. The molecule has 0 radical (unpaired) electrons. The molecule has 1 heterocycles. The minimum atomic E-state index is -3.63. The van der Waals surface area contributed by atoms with Crippen molar-refractivity contribution in [1.82, 2.24) is 0 Å². The summed E-state index contributed by atoms with van der Waals surface area (Å²) in [6.07, 6.45) is 0. The second-order valence-corrected chi connectivity index (χ2v) is 6.84. The highest BCUT2D eigenvalue weighted by molar-refractivity contribution is 8.13. The molecule has 1 aromatic rings. The molecule has 1 aliphatic heterocycles. The first-order valence-corrected chi connectivity index (χ1v) is 7.74. The van der Waals surface area contributed by atoms with Crippen molar-refractivity contribution >= 4 is 31.3 Å². The average Bonchev–Trinajstić information content (AvgIpc) is 2.24. The molecule has 0 amide bonds. The molecule has 0 saturated carbocycles. The number of hydrogen-bond donors (Lipinski definition) is 0. The standard InChI is InChI=1S/C10H10Cl2O4S/c1-6-7(5-17(12,13)14)4-8-10(9(6)11)16-3-2-15-8/h4H,2-3,5H2,1H3.